The Morgan fingerprint density at radius 2 is 2.06 bits per heavy atom. The second-order valence-electron chi connectivity index (χ2n) is 4.49. The van der Waals surface area contributed by atoms with Crippen molar-refractivity contribution in [2.45, 2.75) is 51.6 Å². The fourth-order valence-corrected chi connectivity index (χ4v) is 2.17. The number of hydrogen-bond acceptors (Lipinski definition) is 4. The van der Waals surface area contributed by atoms with Crippen LogP contribution >= 0.6 is 0 Å². The van der Waals surface area contributed by atoms with E-state index in [1.54, 1.807) is 0 Å². The maximum atomic E-state index is 5.95. The van der Waals surface area contributed by atoms with Crippen molar-refractivity contribution in [2.24, 2.45) is 0 Å². The van der Waals surface area contributed by atoms with E-state index in [0.717, 1.165) is 30.9 Å². The second-order valence-corrected chi connectivity index (χ2v) is 4.49. The van der Waals surface area contributed by atoms with Gasteiger partial charge in [-0.2, -0.15) is 4.98 Å². The van der Waals surface area contributed by atoms with Crippen molar-refractivity contribution in [2.75, 3.05) is 12.4 Å². The fourth-order valence-electron chi connectivity index (χ4n) is 2.17. The zero-order valence-corrected chi connectivity index (χ0v) is 10.7. The average molecular weight is 235 g/mol. The van der Waals surface area contributed by atoms with E-state index in [0.29, 0.717) is 12.0 Å². The van der Waals surface area contributed by atoms with E-state index in [9.17, 15) is 0 Å². The molecular formula is C13H21N3O. The van der Waals surface area contributed by atoms with Gasteiger partial charge in [-0.25, -0.2) is 4.98 Å². The SMILES string of the molecule is CCc1nc(NC)cc(OC2CCCCC2)n1. The summed E-state index contributed by atoms with van der Waals surface area (Å²) in [6, 6.07) is 1.88. The lowest BCUT2D eigenvalue weighted by Crippen LogP contribution is -2.20. The molecule has 0 bridgehead atoms. The van der Waals surface area contributed by atoms with E-state index >= 15 is 0 Å². The molecule has 1 N–H and O–H groups in total. The molecule has 0 saturated heterocycles. The van der Waals surface area contributed by atoms with Gasteiger partial charge in [0.15, 0.2) is 0 Å². The minimum Gasteiger partial charge on any atom is -0.474 e. The molecule has 0 spiro atoms. The smallest absolute Gasteiger partial charge is 0.218 e. The van der Waals surface area contributed by atoms with E-state index in [1.165, 1.54) is 19.3 Å². The molecule has 1 aromatic rings. The van der Waals surface area contributed by atoms with Gasteiger partial charge in [-0.15, -0.1) is 0 Å². The molecule has 1 aromatic heterocycles. The van der Waals surface area contributed by atoms with Crippen LogP contribution in [0.2, 0.25) is 0 Å². The molecule has 0 atom stereocenters. The van der Waals surface area contributed by atoms with Crippen molar-refractivity contribution in [3.8, 4) is 5.88 Å². The Bertz CT molecular complexity index is 339. The Hall–Kier alpha value is -1.32. The lowest BCUT2D eigenvalue weighted by Gasteiger charge is -2.22. The summed E-state index contributed by atoms with van der Waals surface area (Å²) < 4.78 is 5.95. The molecule has 4 nitrogen and oxygen atoms in total. The van der Waals surface area contributed by atoms with Gasteiger partial charge < -0.3 is 10.1 Å². The number of anilines is 1. The van der Waals surface area contributed by atoms with Gasteiger partial charge in [-0.3, -0.25) is 0 Å². The first kappa shape index (κ1) is 12.1. The second kappa shape index (κ2) is 5.84. The number of aromatic nitrogens is 2. The van der Waals surface area contributed by atoms with Crippen molar-refractivity contribution in [3.05, 3.63) is 11.9 Å². The first-order valence-corrected chi connectivity index (χ1v) is 6.54. The molecule has 1 saturated carbocycles. The fraction of sp³-hybridized carbons (Fsp3) is 0.692. The van der Waals surface area contributed by atoms with Gasteiger partial charge >= 0.3 is 0 Å². The van der Waals surface area contributed by atoms with Gasteiger partial charge in [-0.05, 0) is 25.7 Å². The highest BCUT2D eigenvalue weighted by molar-refractivity contribution is 5.37. The van der Waals surface area contributed by atoms with E-state index in [4.69, 9.17) is 4.74 Å². The third-order valence-corrected chi connectivity index (χ3v) is 3.16. The number of hydrogen-bond donors (Lipinski definition) is 1. The summed E-state index contributed by atoms with van der Waals surface area (Å²) in [5.41, 5.74) is 0. The first-order valence-electron chi connectivity index (χ1n) is 6.54. The van der Waals surface area contributed by atoms with Crippen LogP contribution in [0.15, 0.2) is 6.07 Å². The Kier molecular flexibility index (Phi) is 4.18. The van der Waals surface area contributed by atoms with E-state index < -0.39 is 0 Å². The molecule has 17 heavy (non-hydrogen) atoms. The summed E-state index contributed by atoms with van der Waals surface area (Å²) >= 11 is 0. The summed E-state index contributed by atoms with van der Waals surface area (Å²) in [5, 5.41) is 3.05. The van der Waals surface area contributed by atoms with Gasteiger partial charge in [-0.1, -0.05) is 13.3 Å². The summed E-state index contributed by atoms with van der Waals surface area (Å²) in [6.45, 7) is 2.05. The normalized spacial score (nSPS) is 16.8. The number of nitrogens with one attached hydrogen (secondary N) is 1. The van der Waals surface area contributed by atoms with Crippen LogP contribution in [0.25, 0.3) is 0 Å². The largest absolute Gasteiger partial charge is 0.474 e. The monoisotopic (exact) mass is 235 g/mol. The van der Waals surface area contributed by atoms with Gasteiger partial charge in [0.2, 0.25) is 5.88 Å². The zero-order chi connectivity index (χ0) is 12.1. The van der Waals surface area contributed by atoms with Crippen molar-refractivity contribution in [1.29, 1.82) is 0 Å². The molecule has 2 rings (SSSR count). The van der Waals surface area contributed by atoms with Crippen molar-refractivity contribution >= 4 is 5.82 Å². The topological polar surface area (TPSA) is 47.0 Å². The van der Waals surface area contributed by atoms with Crippen molar-refractivity contribution in [1.82, 2.24) is 9.97 Å². The Morgan fingerprint density at radius 3 is 2.71 bits per heavy atom. The predicted octanol–water partition coefficient (Wildman–Crippen LogP) is 2.79. The number of aryl methyl sites for hydroxylation is 1. The third kappa shape index (κ3) is 3.32. The summed E-state index contributed by atoms with van der Waals surface area (Å²) in [6.07, 6.45) is 7.36. The molecule has 0 amide bonds. The standard InChI is InChI=1S/C13H21N3O/c1-3-11-15-12(14-2)9-13(16-11)17-10-7-5-4-6-8-10/h9-10H,3-8H2,1-2H3,(H,14,15,16). The molecule has 0 aliphatic heterocycles. The highest BCUT2D eigenvalue weighted by Gasteiger charge is 2.16. The van der Waals surface area contributed by atoms with Crippen LogP contribution in [-0.4, -0.2) is 23.1 Å². The quantitative estimate of drug-likeness (QED) is 0.871. The van der Waals surface area contributed by atoms with E-state index in [2.05, 4.69) is 22.2 Å². The summed E-state index contributed by atoms with van der Waals surface area (Å²) in [7, 11) is 1.87. The molecular weight excluding hydrogens is 214 g/mol. The molecule has 1 aliphatic rings. The van der Waals surface area contributed by atoms with Gasteiger partial charge in [0.1, 0.15) is 17.7 Å². The average Bonchev–Trinajstić information content (AvgIpc) is 2.39. The van der Waals surface area contributed by atoms with Crippen LogP contribution in [0.4, 0.5) is 5.82 Å². The van der Waals surface area contributed by atoms with Crippen molar-refractivity contribution < 1.29 is 4.74 Å². The molecule has 0 aromatic carbocycles. The first-order chi connectivity index (χ1) is 8.31. The van der Waals surface area contributed by atoms with Gasteiger partial charge in [0.05, 0.1) is 0 Å². The zero-order valence-electron chi connectivity index (χ0n) is 10.7. The predicted molar refractivity (Wildman–Crippen MR) is 68.5 cm³/mol. The molecule has 94 valence electrons. The molecule has 0 radical (unpaired) electrons. The minimum atomic E-state index is 0.341. The lowest BCUT2D eigenvalue weighted by molar-refractivity contribution is 0.148. The lowest BCUT2D eigenvalue weighted by atomic mass is 9.98. The highest BCUT2D eigenvalue weighted by Crippen LogP contribution is 2.23. The number of nitrogens with zero attached hydrogens (tertiary/aromatic N) is 2. The summed E-state index contributed by atoms with van der Waals surface area (Å²) in [5.74, 6) is 2.39. The van der Waals surface area contributed by atoms with Crippen LogP contribution in [-0.2, 0) is 6.42 Å². The Balaban J connectivity index is 2.07. The summed E-state index contributed by atoms with van der Waals surface area (Å²) in [4.78, 5) is 8.78. The molecule has 1 fully saturated rings. The maximum Gasteiger partial charge on any atom is 0.218 e. The molecule has 0 unspecified atom stereocenters. The van der Waals surface area contributed by atoms with Crippen LogP contribution < -0.4 is 10.1 Å². The van der Waals surface area contributed by atoms with Gasteiger partial charge in [0.25, 0.3) is 0 Å². The van der Waals surface area contributed by atoms with Gasteiger partial charge in [0, 0.05) is 19.5 Å². The number of rotatable bonds is 4. The Morgan fingerprint density at radius 1 is 1.29 bits per heavy atom. The van der Waals surface area contributed by atoms with E-state index in [-0.39, 0.29) is 0 Å². The van der Waals surface area contributed by atoms with E-state index in [1.807, 2.05) is 13.1 Å². The van der Waals surface area contributed by atoms with Crippen LogP contribution in [0, 0.1) is 0 Å². The molecule has 1 aliphatic carbocycles. The maximum absolute atomic E-state index is 5.95. The van der Waals surface area contributed by atoms with Crippen LogP contribution in [0.1, 0.15) is 44.9 Å². The molecule has 4 heteroatoms. The van der Waals surface area contributed by atoms with Crippen LogP contribution in [0.3, 0.4) is 0 Å². The minimum absolute atomic E-state index is 0.341. The number of ether oxygens (including phenoxy) is 1. The molecule has 1 heterocycles. The Labute approximate surface area is 103 Å². The third-order valence-electron chi connectivity index (χ3n) is 3.16. The van der Waals surface area contributed by atoms with Crippen LogP contribution in [0.5, 0.6) is 5.88 Å². The van der Waals surface area contributed by atoms with Crippen molar-refractivity contribution in [3.63, 3.8) is 0 Å². The highest BCUT2D eigenvalue weighted by atomic mass is 16.5.